The number of benzene rings is 2. The number of methoxy groups -OCH3 is 1. The van der Waals surface area contributed by atoms with Crippen molar-refractivity contribution in [2.45, 2.75) is 12.1 Å². The number of para-hydroxylation sites is 2. The number of carbonyl (C=O) groups excluding carboxylic acids is 1. The van der Waals surface area contributed by atoms with Gasteiger partial charge in [-0.25, -0.2) is 4.98 Å². The van der Waals surface area contributed by atoms with E-state index >= 15 is 0 Å². The van der Waals surface area contributed by atoms with Crippen LogP contribution in [0.5, 0.6) is 0 Å². The maximum atomic E-state index is 11.4. The van der Waals surface area contributed by atoms with Gasteiger partial charge in [0, 0.05) is 5.69 Å². The number of aromatic nitrogens is 2. The van der Waals surface area contributed by atoms with E-state index in [2.05, 4.69) is 28.6 Å². The monoisotopic (exact) mass is 312 g/mol. The fraction of sp³-hybridized carbons (Fsp3) is 0.176. The molecule has 0 saturated carbocycles. The Bertz CT molecular complexity index is 826. The summed E-state index contributed by atoms with van der Waals surface area (Å²) in [6.07, 6.45) is 0. The van der Waals surface area contributed by atoms with Crippen molar-refractivity contribution < 1.29 is 9.53 Å². The molecule has 0 bridgehead atoms. The molecule has 0 unspecified atom stereocenters. The molecule has 112 valence electrons. The Kier molecular flexibility index (Phi) is 4.15. The lowest BCUT2D eigenvalue weighted by Crippen LogP contribution is -2.05. The molecule has 1 heterocycles. The SMILES string of the molecule is COC(=O)CSc1nc2ccccc2n1-c1cccc(C)c1. The zero-order valence-electron chi connectivity index (χ0n) is 12.4. The van der Waals surface area contributed by atoms with Gasteiger partial charge >= 0.3 is 5.97 Å². The molecule has 1 aromatic heterocycles. The molecular weight excluding hydrogens is 296 g/mol. The summed E-state index contributed by atoms with van der Waals surface area (Å²) < 4.78 is 6.79. The second-order valence-corrected chi connectivity index (χ2v) is 5.86. The summed E-state index contributed by atoms with van der Waals surface area (Å²) in [7, 11) is 1.40. The lowest BCUT2D eigenvalue weighted by Gasteiger charge is -2.09. The Balaban J connectivity index is 2.11. The number of rotatable bonds is 4. The van der Waals surface area contributed by atoms with Gasteiger partial charge in [-0.1, -0.05) is 36.0 Å². The quantitative estimate of drug-likeness (QED) is 0.545. The molecule has 0 radical (unpaired) electrons. The van der Waals surface area contributed by atoms with Crippen molar-refractivity contribution in [1.82, 2.24) is 9.55 Å². The molecule has 0 spiro atoms. The third-order valence-corrected chi connectivity index (χ3v) is 4.25. The molecule has 4 nitrogen and oxygen atoms in total. The Hall–Kier alpha value is -2.27. The van der Waals surface area contributed by atoms with Crippen LogP contribution in [0, 0.1) is 6.92 Å². The van der Waals surface area contributed by atoms with Gasteiger partial charge in [0.1, 0.15) is 0 Å². The lowest BCUT2D eigenvalue weighted by molar-refractivity contribution is -0.137. The molecule has 0 amide bonds. The molecule has 5 heteroatoms. The largest absolute Gasteiger partial charge is 0.468 e. The van der Waals surface area contributed by atoms with Crippen molar-refractivity contribution >= 4 is 28.8 Å². The summed E-state index contributed by atoms with van der Waals surface area (Å²) in [6.45, 7) is 2.06. The van der Waals surface area contributed by atoms with Crippen LogP contribution in [-0.2, 0) is 9.53 Å². The number of nitrogens with zero attached hydrogens (tertiary/aromatic N) is 2. The Labute approximate surface area is 133 Å². The number of carbonyl (C=O) groups is 1. The minimum Gasteiger partial charge on any atom is -0.468 e. The number of esters is 1. The van der Waals surface area contributed by atoms with Crippen molar-refractivity contribution in [3.05, 3.63) is 54.1 Å². The normalized spacial score (nSPS) is 10.8. The molecule has 0 saturated heterocycles. The van der Waals surface area contributed by atoms with Gasteiger partial charge in [0.05, 0.1) is 23.9 Å². The number of hydrogen-bond donors (Lipinski definition) is 0. The van der Waals surface area contributed by atoms with E-state index in [0.717, 1.165) is 21.9 Å². The second-order valence-electron chi connectivity index (χ2n) is 4.92. The average Bonchev–Trinajstić information content (AvgIpc) is 2.90. The third kappa shape index (κ3) is 2.85. The topological polar surface area (TPSA) is 44.1 Å². The summed E-state index contributed by atoms with van der Waals surface area (Å²) in [4.78, 5) is 16.1. The fourth-order valence-corrected chi connectivity index (χ4v) is 3.16. The van der Waals surface area contributed by atoms with E-state index < -0.39 is 0 Å². The van der Waals surface area contributed by atoms with Crippen molar-refractivity contribution in [2.75, 3.05) is 12.9 Å². The number of ether oxygens (including phenoxy) is 1. The molecule has 0 aliphatic heterocycles. The van der Waals surface area contributed by atoms with Gasteiger partial charge in [0.2, 0.25) is 0 Å². The summed E-state index contributed by atoms with van der Waals surface area (Å²) in [5.74, 6) is -0.0149. The van der Waals surface area contributed by atoms with E-state index in [1.165, 1.54) is 24.4 Å². The molecule has 0 atom stereocenters. The zero-order valence-corrected chi connectivity index (χ0v) is 13.3. The minimum atomic E-state index is -0.257. The number of thioether (sulfide) groups is 1. The molecule has 2 aromatic carbocycles. The first-order valence-electron chi connectivity index (χ1n) is 6.93. The van der Waals surface area contributed by atoms with Crippen molar-refractivity contribution in [3.8, 4) is 5.69 Å². The molecule has 3 aromatic rings. The Morgan fingerprint density at radius 2 is 2.05 bits per heavy atom. The maximum Gasteiger partial charge on any atom is 0.316 e. The van der Waals surface area contributed by atoms with E-state index in [1.54, 1.807) is 0 Å². The zero-order chi connectivity index (χ0) is 15.5. The van der Waals surface area contributed by atoms with Gasteiger partial charge in [0.15, 0.2) is 5.16 Å². The highest BCUT2D eigenvalue weighted by molar-refractivity contribution is 7.99. The van der Waals surface area contributed by atoms with Crippen molar-refractivity contribution in [1.29, 1.82) is 0 Å². The molecular formula is C17H16N2O2S. The van der Waals surface area contributed by atoms with Crippen LogP contribution in [0.25, 0.3) is 16.7 Å². The van der Waals surface area contributed by atoms with E-state index in [9.17, 15) is 4.79 Å². The van der Waals surface area contributed by atoms with Crippen molar-refractivity contribution in [2.24, 2.45) is 0 Å². The standard InChI is InChI=1S/C17H16N2O2S/c1-12-6-5-7-13(10-12)19-15-9-4-3-8-14(15)18-17(19)22-11-16(20)21-2/h3-10H,11H2,1-2H3. The molecule has 22 heavy (non-hydrogen) atoms. The van der Waals surface area contributed by atoms with Crippen LogP contribution in [-0.4, -0.2) is 28.4 Å². The van der Waals surface area contributed by atoms with Gasteiger partial charge in [0.25, 0.3) is 0 Å². The number of fused-ring (bicyclic) bond motifs is 1. The fourth-order valence-electron chi connectivity index (χ4n) is 2.30. The smallest absolute Gasteiger partial charge is 0.316 e. The summed E-state index contributed by atoms with van der Waals surface area (Å²) in [5, 5.41) is 0.789. The first-order valence-corrected chi connectivity index (χ1v) is 7.92. The first-order chi connectivity index (χ1) is 10.7. The van der Waals surface area contributed by atoms with Crippen LogP contribution < -0.4 is 0 Å². The summed E-state index contributed by atoms with van der Waals surface area (Å²) >= 11 is 1.38. The summed E-state index contributed by atoms with van der Waals surface area (Å²) in [5.41, 5.74) is 4.16. The first kappa shape index (κ1) is 14.7. The maximum absolute atomic E-state index is 11.4. The predicted molar refractivity (Wildman–Crippen MR) is 88.5 cm³/mol. The van der Waals surface area contributed by atoms with E-state index in [0.29, 0.717) is 0 Å². The van der Waals surface area contributed by atoms with Crippen LogP contribution >= 0.6 is 11.8 Å². The number of hydrogen-bond acceptors (Lipinski definition) is 4. The second kappa shape index (κ2) is 6.23. The number of imidazole rings is 1. The van der Waals surface area contributed by atoms with Gasteiger partial charge in [-0.05, 0) is 36.8 Å². The lowest BCUT2D eigenvalue weighted by atomic mass is 10.2. The van der Waals surface area contributed by atoms with E-state index in [4.69, 9.17) is 4.74 Å². The van der Waals surface area contributed by atoms with E-state index in [1.807, 2.05) is 36.4 Å². The molecule has 0 aliphatic rings. The highest BCUT2D eigenvalue weighted by Gasteiger charge is 2.14. The molecule has 3 rings (SSSR count). The Morgan fingerprint density at radius 1 is 1.23 bits per heavy atom. The summed E-state index contributed by atoms with van der Waals surface area (Å²) in [6, 6.07) is 16.2. The van der Waals surface area contributed by atoms with Gasteiger partial charge in [-0.15, -0.1) is 0 Å². The van der Waals surface area contributed by atoms with Crippen LogP contribution in [0.2, 0.25) is 0 Å². The van der Waals surface area contributed by atoms with E-state index in [-0.39, 0.29) is 11.7 Å². The van der Waals surface area contributed by atoms with Crippen LogP contribution in [0.3, 0.4) is 0 Å². The van der Waals surface area contributed by atoms with Crippen LogP contribution in [0.1, 0.15) is 5.56 Å². The molecule has 0 N–H and O–H groups in total. The average molecular weight is 312 g/mol. The van der Waals surface area contributed by atoms with Crippen molar-refractivity contribution in [3.63, 3.8) is 0 Å². The molecule has 0 aliphatic carbocycles. The van der Waals surface area contributed by atoms with Gasteiger partial charge in [-0.3, -0.25) is 9.36 Å². The highest BCUT2D eigenvalue weighted by Crippen LogP contribution is 2.28. The minimum absolute atomic E-state index is 0.242. The van der Waals surface area contributed by atoms with Crippen LogP contribution in [0.4, 0.5) is 0 Å². The number of aryl methyl sites for hydroxylation is 1. The highest BCUT2D eigenvalue weighted by atomic mass is 32.2. The predicted octanol–water partition coefficient (Wildman–Crippen LogP) is 3.60. The van der Waals surface area contributed by atoms with Gasteiger partial charge in [-0.2, -0.15) is 0 Å². The molecule has 0 fully saturated rings. The van der Waals surface area contributed by atoms with Crippen LogP contribution in [0.15, 0.2) is 53.7 Å². The Morgan fingerprint density at radius 3 is 2.82 bits per heavy atom. The van der Waals surface area contributed by atoms with Gasteiger partial charge < -0.3 is 4.74 Å². The third-order valence-electron chi connectivity index (χ3n) is 3.34.